The SMILES string of the molecule is CCC(c1ccccc1)C(C)OC(=O)CC(O)C(=O)O. The van der Waals surface area contributed by atoms with Gasteiger partial charge < -0.3 is 14.9 Å². The molecule has 0 spiro atoms. The highest BCUT2D eigenvalue weighted by Crippen LogP contribution is 2.25. The van der Waals surface area contributed by atoms with Crippen molar-refractivity contribution < 1.29 is 24.5 Å². The van der Waals surface area contributed by atoms with Crippen LogP contribution in [0.15, 0.2) is 30.3 Å². The van der Waals surface area contributed by atoms with Gasteiger partial charge in [0.1, 0.15) is 6.10 Å². The number of carbonyl (C=O) groups is 2. The van der Waals surface area contributed by atoms with Crippen LogP contribution in [0.4, 0.5) is 0 Å². The summed E-state index contributed by atoms with van der Waals surface area (Å²) in [5, 5.41) is 17.7. The van der Waals surface area contributed by atoms with Crippen LogP contribution in [-0.4, -0.2) is 34.4 Å². The van der Waals surface area contributed by atoms with Crippen LogP contribution in [0.1, 0.15) is 38.2 Å². The first-order chi connectivity index (χ1) is 9.45. The Labute approximate surface area is 118 Å². The summed E-state index contributed by atoms with van der Waals surface area (Å²) in [4.78, 5) is 22.0. The first kappa shape index (κ1) is 16.2. The fourth-order valence-electron chi connectivity index (χ4n) is 2.12. The van der Waals surface area contributed by atoms with Gasteiger partial charge in [-0.1, -0.05) is 37.3 Å². The first-order valence-electron chi connectivity index (χ1n) is 6.61. The molecule has 0 fully saturated rings. The molecule has 0 aliphatic rings. The van der Waals surface area contributed by atoms with E-state index < -0.39 is 24.5 Å². The zero-order valence-electron chi connectivity index (χ0n) is 11.7. The number of aliphatic hydroxyl groups is 1. The van der Waals surface area contributed by atoms with Crippen molar-refractivity contribution in [3.05, 3.63) is 35.9 Å². The van der Waals surface area contributed by atoms with Gasteiger partial charge in [0.15, 0.2) is 6.10 Å². The number of hydrogen-bond acceptors (Lipinski definition) is 4. The lowest BCUT2D eigenvalue weighted by molar-refractivity contribution is -0.159. The average Bonchev–Trinajstić information content (AvgIpc) is 2.40. The zero-order chi connectivity index (χ0) is 15.1. The summed E-state index contributed by atoms with van der Waals surface area (Å²) in [6, 6.07) is 9.67. The van der Waals surface area contributed by atoms with E-state index in [1.165, 1.54) is 0 Å². The summed E-state index contributed by atoms with van der Waals surface area (Å²) in [6.07, 6.45) is -1.84. The van der Waals surface area contributed by atoms with E-state index >= 15 is 0 Å². The van der Waals surface area contributed by atoms with Crippen LogP contribution < -0.4 is 0 Å². The van der Waals surface area contributed by atoms with Crippen LogP contribution in [0, 0.1) is 0 Å². The second kappa shape index (κ2) is 7.65. The van der Waals surface area contributed by atoms with Gasteiger partial charge in [-0.3, -0.25) is 4.79 Å². The third-order valence-electron chi connectivity index (χ3n) is 3.20. The van der Waals surface area contributed by atoms with Crippen LogP contribution in [0.5, 0.6) is 0 Å². The minimum Gasteiger partial charge on any atom is -0.479 e. The molecule has 110 valence electrons. The van der Waals surface area contributed by atoms with Crippen molar-refractivity contribution in [3.63, 3.8) is 0 Å². The Kier molecular flexibility index (Phi) is 6.18. The molecule has 0 aliphatic carbocycles. The maximum absolute atomic E-state index is 11.6. The van der Waals surface area contributed by atoms with E-state index in [9.17, 15) is 9.59 Å². The van der Waals surface area contributed by atoms with Crippen LogP contribution in [-0.2, 0) is 14.3 Å². The van der Waals surface area contributed by atoms with E-state index in [0.717, 1.165) is 12.0 Å². The standard InChI is InChI=1S/C15H20O5/c1-3-12(11-7-5-4-6-8-11)10(2)20-14(17)9-13(16)15(18)19/h4-8,10,12-13,16H,3,9H2,1-2H3,(H,18,19). The Hall–Kier alpha value is -1.88. The number of esters is 1. The number of hydrogen-bond donors (Lipinski definition) is 2. The van der Waals surface area contributed by atoms with E-state index in [1.54, 1.807) is 6.92 Å². The molecular weight excluding hydrogens is 260 g/mol. The molecule has 3 atom stereocenters. The highest BCUT2D eigenvalue weighted by atomic mass is 16.5. The molecule has 0 aliphatic heterocycles. The molecule has 2 N–H and O–H groups in total. The van der Waals surface area contributed by atoms with Crippen molar-refractivity contribution in [3.8, 4) is 0 Å². The van der Waals surface area contributed by atoms with Gasteiger partial charge in [0.05, 0.1) is 6.42 Å². The normalized spacial score (nSPS) is 15.2. The average molecular weight is 280 g/mol. The summed E-state index contributed by atoms with van der Waals surface area (Å²) in [7, 11) is 0. The zero-order valence-corrected chi connectivity index (χ0v) is 11.7. The maximum Gasteiger partial charge on any atom is 0.333 e. The Balaban J connectivity index is 2.62. The predicted octanol–water partition coefficient (Wildman–Crippen LogP) is 1.95. The monoisotopic (exact) mass is 280 g/mol. The Morgan fingerprint density at radius 1 is 1.25 bits per heavy atom. The molecule has 0 saturated heterocycles. The van der Waals surface area contributed by atoms with E-state index in [-0.39, 0.29) is 12.0 Å². The molecule has 0 bridgehead atoms. The molecular formula is C15H20O5. The number of carboxylic acids is 1. The Morgan fingerprint density at radius 2 is 1.85 bits per heavy atom. The number of ether oxygens (including phenoxy) is 1. The molecule has 1 aromatic rings. The molecule has 20 heavy (non-hydrogen) atoms. The minimum absolute atomic E-state index is 0.0436. The van der Waals surface area contributed by atoms with E-state index in [0.29, 0.717) is 0 Å². The second-order valence-electron chi connectivity index (χ2n) is 4.68. The van der Waals surface area contributed by atoms with E-state index in [4.69, 9.17) is 14.9 Å². The van der Waals surface area contributed by atoms with Gasteiger partial charge in [-0.2, -0.15) is 0 Å². The molecule has 0 radical (unpaired) electrons. The fourth-order valence-corrected chi connectivity index (χ4v) is 2.12. The summed E-state index contributed by atoms with van der Waals surface area (Å²) in [6.45, 7) is 3.76. The van der Waals surface area contributed by atoms with Gasteiger partial charge in [0.25, 0.3) is 0 Å². The van der Waals surface area contributed by atoms with Crippen LogP contribution in [0.2, 0.25) is 0 Å². The van der Waals surface area contributed by atoms with Gasteiger partial charge in [0.2, 0.25) is 0 Å². The van der Waals surface area contributed by atoms with Crippen molar-refractivity contribution in [2.75, 3.05) is 0 Å². The fraction of sp³-hybridized carbons (Fsp3) is 0.467. The van der Waals surface area contributed by atoms with Crippen molar-refractivity contribution in [2.45, 2.75) is 44.8 Å². The van der Waals surface area contributed by atoms with Crippen molar-refractivity contribution in [1.82, 2.24) is 0 Å². The van der Waals surface area contributed by atoms with Crippen LogP contribution in [0.25, 0.3) is 0 Å². The summed E-state index contributed by atoms with van der Waals surface area (Å²) in [5.74, 6) is -2.09. The van der Waals surface area contributed by atoms with Gasteiger partial charge >= 0.3 is 11.9 Å². The number of aliphatic carboxylic acids is 1. The number of rotatable bonds is 7. The first-order valence-corrected chi connectivity index (χ1v) is 6.61. The minimum atomic E-state index is -1.72. The lowest BCUT2D eigenvalue weighted by Gasteiger charge is -2.23. The van der Waals surface area contributed by atoms with Gasteiger partial charge in [0, 0.05) is 5.92 Å². The highest BCUT2D eigenvalue weighted by molar-refractivity contribution is 5.80. The smallest absolute Gasteiger partial charge is 0.333 e. The van der Waals surface area contributed by atoms with Crippen LogP contribution in [0.3, 0.4) is 0 Å². The third-order valence-corrected chi connectivity index (χ3v) is 3.20. The molecule has 1 aromatic carbocycles. The van der Waals surface area contributed by atoms with Crippen molar-refractivity contribution in [2.24, 2.45) is 0 Å². The second-order valence-corrected chi connectivity index (χ2v) is 4.68. The topological polar surface area (TPSA) is 83.8 Å². The number of carboxylic acid groups (broad SMARTS) is 1. The third kappa shape index (κ3) is 4.66. The van der Waals surface area contributed by atoms with Gasteiger partial charge in [-0.15, -0.1) is 0 Å². The summed E-state index contributed by atoms with van der Waals surface area (Å²) in [5.41, 5.74) is 1.06. The molecule has 0 aromatic heterocycles. The summed E-state index contributed by atoms with van der Waals surface area (Å²) >= 11 is 0. The molecule has 0 heterocycles. The van der Waals surface area contributed by atoms with Gasteiger partial charge in [-0.25, -0.2) is 4.79 Å². The number of benzene rings is 1. The number of carbonyl (C=O) groups excluding carboxylic acids is 1. The molecule has 0 saturated carbocycles. The molecule has 5 heteroatoms. The molecule has 5 nitrogen and oxygen atoms in total. The predicted molar refractivity (Wildman–Crippen MR) is 73.3 cm³/mol. The van der Waals surface area contributed by atoms with Crippen molar-refractivity contribution >= 4 is 11.9 Å². The summed E-state index contributed by atoms with van der Waals surface area (Å²) < 4.78 is 5.22. The van der Waals surface area contributed by atoms with E-state index in [2.05, 4.69) is 0 Å². The van der Waals surface area contributed by atoms with E-state index in [1.807, 2.05) is 37.3 Å². The van der Waals surface area contributed by atoms with Crippen molar-refractivity contribution in [1.29, 1.82) is 0 Å². The molecule has 3 unspecified atom stereocenters. The van der Waals surface area contributed by atoms with Gasteiger partial charge in [-0.05, 0) is 18.9 Å². The molecule has 1 rings (SSSR count). The Bertz CT molecular complexity index is 443. The molecule has 0 amide bonds. The lowest BCUT2D eigenvalue weighted by atomic mass is 9.92. The largest absolute Gasteiger partial charge is 0.479 e. The van der Waals surface area contributed by atoms with Crippen LogP contribution >= 0.6 is 0 Å². The Morgan fingerprint density at radius 3 is 2.35 bits per heavy atom. The quantitative estimate of drug-likeness (QED) is 0.746. The highest BCUT2D eigenvalue weighted by Gasteiger charge is 2.24. The maximum atomic E-state index is 11.6. The lowest BCUT2D eigenvalue weighted by Crippen LogP contribution is -2.28. The number of aliphatic hydroxyl groups excluding tert-OH is 1.